The number of fused-ring (bicyclic) bond motifs is 3. The Morgan fingerprint density at radius 1 is 1.04 bits per heavy atom. The Kier molecular flexibility index (Phi) is 10.4. The lowest BCUT2D eigenvalue weighted by Gasteiger charge is -2.26. The summed E-state index contributed by atoms with van der Waals surface area (Å²) in [7, 11) is -10.9. The number of hydrogen-bond acceptors (Lipinski definition) is 18. The van der Waals surface area contributed by atoms with Crippen molar-refractivity contribution in [3.63, 3.8) is 0 Å². The maximum absolute atomic E-state index is 12.5. The Morgan fingerprint density at radius 2 is 1.75 bits per heavy atom. The molecule has 6 rings (SSSR count). The van der Waals surface area contributed by atoms with E-state index in [1.54, 1.807) is 26.0 Å². The topological polar surface area (TPSA) is 343 Å². The first-order valence-corrected chi connectivity index (χ1v) is 18.3. The molecule has 5 heterocycles. The van der Waals surface area contributed by atoms with Crippen LogP contribution >= 0.6 is 15.6 Å². The average molecular weight is 770 g/mol. The van der Waals surface area contributed by atoms with Crippen LogP contribution in [-0.4, -0.2) is 113 Å². The van der Waals surface area contributed by atoms with Crippen LogP contribution in [0.15, 0.2) is 34.4 Å². The second-order valence-electron chi connectivity index (χ2n) is 11.9. The standard InChI is InChI=1S/C27H33N9O14P2/c1-11-3-13-14(4-12(11)2)35(25-21(32-13)26(41)34-27(42)33-25)6-16(38)22(40)17(39)7-47-51(43,44)50-52(45,46)48-8-18-15(37)5-19(49-18)36-10-31-20-23(28)29-9-30-24(20)36/h3-4,9-10,15-19,22,37-40H,5-8H2,1-2H3,(H,43,44)(H,45,46)(H2,28,29,30)(H,34,41,42)/t15-,16-,17+,18+,19+,22-/m0/s1. The minimum absolute atomic E-state index is 0.0203. The fourth-order valence-corrected chi connectivity index (χ4v) is 7.61. The number of aliphatic hydroxyl groups is 4. The molecule has 0 aliphatic carbocycles. The van der Waals surface area contributed by atoms with Gasteiger partial charge in [-0.15, -0.1) is 0 Å². The van der Waals surface area contributed by atoms with E-state index in [0.717, 1.165) is 11.1 Å². The van der Waals surface area contributed by atoms with Gasteiger partial charge in [0, 0.05) is 6.42 Å². The second kappa shape index (κ2) is 14.4. The number of nitrogens with one attached hydrogen (secondary N) is 1. The van der Waals surface area contributed by atoms with Gasteiger partial charge in [0.15, 0.2) is 23.0 Å². The fourth-order valence-electron chi connectivity index (χ4n) is 5.52. The Balaban J connectivity index is 1.06. The number of nitrogen functional groups attached to an aromatic ring is 1. The molecular weight excluding hydrogens is 736 g/mol. The minimum atomic E-state index is -5.48. The zero-order chi connectivity index (χ0) is 37.7. The number of H-pyrrole nitrogens is 1. The van der Waals surface area contributed by atoms with Crippen molar-refractivity contribution in [3.8, 4) is 11.5 Å². The molecule has 52 heavy (non-hydrogen) atoms. The number of aliphatic hydroxyl groups excluding tert-OH is 4. The van der Waals surface area contributed by atoms with Gasteiger partial charge >= 0.3 is 21.3 Å². The quantitative estimate of drug-likeness (QED) is 0.0504. The maximum atomic E-state index is 12.5. The molecule has 9 N–H and O–H groups in total. The summed E-state index contributed by atoms with van der Waals surface area (Å²) < 4.78 is 47.0. The number of hydrogen-bond donors (Lipinski definition) is 8. The van der Waals surface area contributed by atoms with Crippen LogP contribution in [0.3, 0.4) is 0 Å². The van der Waals surface area contributed by atoms with Gasteiger partial charge in [0.1, 0.15) is 42.5 Å². The van der Waals surface area contributed by atoms with Crippen molar-refractivity contribution in [2.24, 2.45) is 0 Å². The van der Waals surface area contributed by atoms with E-state index in [0.29, 0.717) is 16.7 Å². The Morgan fingerprint density at radius 3 is 2.50 bits per heavy atom. The number of nitrogens with zero attached hydrogens (tertiary/aromatic N) is 7. The summed E-state index contributed by atoms with van der Waals surface area (Å²) in [5.41, 5.74) is 6.50. The van der Waals surface area contributed by atoms with E-state index in [9.17, 15) is 48.9 Å². The number of aromatic nitrogens is 8. The highest BCUT2D eigenvalue weighted by molar-refractivity contribution is 7.61. The third kappa shape index (κ3) is 7.81. The first kappa shape index (κ1) is 37.7. The van der Waals surface area contributed by atoms with Crippen molar-refractivity contribution in [1.29, 1.82) is 0 Å². The lowest BCUT2D eigenvalue weighted by molar-refractivity contribution is -0.0794. The maximum Gasteiger partial charge on any atom is 0.481 e. The van der Waals surface area contributed by atoms with Gasteiger partial charge in [-0.05, 0) is 37.1 Å². The molecule has 0 spiro atoms. The molecule has 0 saturated carbocycles. The largest absolute Gasteiger partial charge is 0.481 e. The van der Waals surface area contributed by atoms with Crippen molar-refractivity contribution in [3.05, 3.63) is 56.8 Å². The highest BCUT2D eigenvalue weighted by Gasteiger charge is 2.41. The van der Waals surface area contributed by atoms with Gasteiger partial charge in [0.2, 0.25) is 0 Å². The molecule has 1 aromatic carbocycles. The van der Waals surface area contributed by atoms with Crippen LogP contribution < -0.4 is 17.0 Å². The second-order valence-corrected chi connectivity index (χ2v) is 15.0. The monoisotopic (exact) mass is 769 g/mol. The molecule has 0 bridgehead atoms. The number of imidazole rings is 1. The van der Waals surface area contributed by atoms with Crippen LogP contribution in [-0.2, 0) is 33.8 Å². The summed E-state index contributed by atoms with van der Waals surface area (Å²) >= 11 is 0. The van der Waals surface area contributed by atoms with Crippen molar-refractivity contribution in [2.45, 2.75) is 63.6 Å². The molecule has 1 fully saturated rings. The summed E-state index contributed by atoms with van der Waals surface area (Å²) in [4.78, 5) is 66.8. The molecule has 3 aromatic rings. The lowest BCUT2D eigenvalue weighted by Crippen LogP contribution is -2.42. The van der Waals surface area contributed by atoms with Crippen LogP contribution in [0.5, 0.6) is 0 Å². The molecule has 2 aromatic heterocycles. The molecule has 0 amide bonds. The first-order chi connectivity index (χ1) is 24.4. The van der Waals surface area contributed by atoms with Crippen molar-refractivity contribution < 1.29 is 57.4 Å². The van der Waals surface area contributed by atoms with Gasteiger partial charge in [-0.3, -0.25) is 23.4 Å². The van der Waals surface area contributed by atoms with Crippen LogP contribution in [0.1, 0.15) is 23.8 Å². The van der Waals surface area contributed by atoms with E-state index in [2.05, 4.69) is 33.8 Å². The van der Waals surface area contributed by atoms with Crippen LogP contribution in [0, 0.1) is 13.8 Å². The number of phosphoric acid groups is 2. The van der Waals surface area contributed by atoms with Crippen molar-refractivity contribution in [1.82, 2.24) is 39.0 Å². The molecular formula is C27H33N9O14P2. The van der Waals surface area contributed by atoms with Gasteiger partial charge in [-0.25, -0.2) is 33.9 Å². The normalized spacial score (nSPS) is 22.0. The number of nitrogens with two attached hydrogens (primary N) is 1. The molecule has 3 aliphatic heterocycles. The van der Waals surface area contributed by atoms with Crippen molar-refractivity contribution in [2.75, 3.05) is 18.9 Å². The molecule has 3 aliphatic rings. The van der Waals surface area contributed by atoms with E-state index < -0.39 is 83.4 Å². The zero-order valence-electron chi connectivity index (χ0n) is 27.2. The Bertz CT molecular complexity index is 2320. The van der Waals surface area contributed by atoms with Crippen molar-refractivity contribution >= 4 is 43.7 Å². The molecule has 280 valence electrons. The number of phosphoric ester groups is 2. The smallest absolute Gasteiger partial charge is 0.390 e. The van der Waals surface area contributed by atoms with Gasteiger partial charge < -0.3 is 45.3 Å². The lowest BCUT2D eigenvalue weighted by atomic mass is 10.1. The number of benzene rings is 1. The molecule has 1 saturated heterocycles. The van der Waals surface area contributed by atoms with Gasteiger partial charge in [-0.2, -0.15) is 9.29 Å². The summed E-state index contributed by atoms with van der Waals surface area (Å²) in [6, 6.07) is 3.32. The molecule has 23 nitrogen and oxygen atoms in total. The summed E-state index contributed by atoms with van der Waals surface area (Å²) in [6.45, 7) is 1.04. The SMILES string of the molecule is Cc1cc2nc3c(=O)[nH]c(=O)nc-3n(C[C@H](O)[C@H](O)[C@H](O)COP(=O)(O)OP(=O)(O)OC[C@H]3O[C@@H](n4cnc5c(N)ncnc54)C[C@@H]3O)c2cc1C. The fraction of sp³-hybridized carbons (Fsp3) is 0.444. The summed E-state index contributed by atoms with van der Waals surface area (Å²) in [5.74, 6) is -0.114. The number of aromatic amines is 1. The van der Waals surface area contributed by atoms with E-state index in [4.69, 9.17) is 15.0 Å². The number of rotatable bonds is 13. The predicted octanol–water partition coefficient (Wildman–Crippen LogP) is -1.39. The number of ether oxygens (including phenoxy) is 1. The van der Waals surface area contributed by atoms with Crippen LogP contribution in [0.2, 0.25) is 0 Å². The molecule has 2 unspecified atom stereocenters. The van der Waals surface area contributed by atoms with Gasteiger partial charge in [-0.1, -0.05) is 0 Å². The zero-order valence-corrected chi connectivity index (χ0v) is 28.9. The highest BCUT2D eigenvalue weighted by atomic mass is 31.3. The van der Waals surface area contributed by atoms with E-state index in [-0.39, 0.29) is 29.3 Å². The molecule has 8 atom stereocenters. The highest BCUT2D eigenvalue weighted by Crippen LogP contribution is 2.60. The van der Waals surface area contributed by atoms with E-state index in [1.807, 2.05) is 4.98 Å². The predicted molar refractivity (Wildman–Crippen MR) is 175 cm³/mol. The average Bonchev–Trinajstić information content (AvgIpc) is 3.67. The number of anilines is 1. The van der Waals surface area contributed by atoms with Gasteiger partial charge in [0.25, 0.3) is 5.56 Å². The molecule has 0 radical (unpaired) electrons. The van der Waals surface area contributed by atoms with E-state index >= 15 is 0 Å². The minimum Gasteiger partial charge on any atom is -0.390 e. The van der Waals surface area contributed by atoms with Crippen LogP contribution in [0.25, 0.3) is 33.7 Å². The van der Waals surface area contributed by atoms with Gasteiger partial charge in [0.05, 0.1) is 43.2 Å². The third-order valence-electron chi connectivity index (χ3n) is 8.30. The number of aryl methyl sites for hydroxylation is 2. The third-order valence-corrected chi connectivity index (χ3v) is 10.9. The Hall–Kier alpha value is -4.09. The summed E-state index contributed by atoms with van der Waals surface area (Å²) in [5, 5.41) is 42.5. The molecule has 25 heteroatoms. The Labute approximate surface area is 290 Å². The first-order valence-electron chi connectivity index (χ1n) is 15.3. The van der Waals surface area contributed by atoms with E-state index in [1.165, 1.54) is 21.8 Å². The summed E-state index contributed by atoms with van der Waals surface area (Å²) in [6.07, 6.45) is -6.79. The van der Waals surface area contributed by atoms with Crippen LogP contribution in [0.4, 0.5) is 5.82 Å².